The zero-order chi connectivity index (χ0) is 10.9. The van der Waals surface area contributed by atoms with Crippen LogP contribution in [0.5, 0.6) is 0 Å². The van der Waals surface area contributed by atoms with Crippen LogP contribution in [0.15, 0.2) is 10.5 Å². The van der Waals surface area contributed by atoms with Crippen molar-refractivity contribution >= 4 is 21.7 Å². The molecule has 14 heavy (non-hydrogen) atoms. The molecule has 0 aromatic carbocycles. The van der Waals surface area contributed by atoms with E-state index in [0.29, 0.717) is 11.7 Å². The molecule has 0 aliphatic rings. The number of pyridine rings is 1. The number of anilines is 1. The highest BCUT2D eigenvalue weighted by Gasteiger charge is 2.15. The van der Waals surface area contributed by atoms with Crippen LogP contribution < -0.4 is 11.5 Å². The maximum absolute atomic E-state index is 6.02. The summed E-state index contributed by atoms with van der Waals surface area (Å²) in [4.78, 5) is 4.23. The van der Waals surface area contributed by atoms with E-state index in [9.17, 15) is 0 Å². The Morgan fingerprint density at radius 1 is 1.43 bits per heavy atom. The lowest BCUT2D eigenvalue weighted by molar-refractivity contribution is 0.514. The first-order chi connectivity index (χ1) is 6.43. The maximum Gasteiger partial charge on any atom is 0.128 e. The summed E-state index contributed by atoms with van der Waals surface area (Å²) < 4.78 is 0.956. The number of rotatable bonds is 2. The molecule has 0 saturated heterocycles. The predicted molar refractivity (Wildman–Crippen MR) is 62.9 cm³/mol. The fourth-order valence-corrected chi connectivity index (χ4v) is 1.57. The van der Waals surface area contributed by atoms with E-state index in [0.717, 1.165) is 15.7 Å². The highest BCUT2D eigenvalue weighted by atomic mass is 79.9. The van der Waals surface area contributed by atoms with Gasteiger partial charge in [-0.1, -0.05) is 13.8 Å². The summed E-state index contributed by atoms with van der Waals surface area (Å²) in [7, 11) is 0. The molecule has 0 spiro atoms. The second kappa shape index (κ2) is 4.28. The van der Waals surface area contributed by atoms with Gasteiger partial charge in [-0.15, -0.1) is 0 Å². The zero-order valence-electron chi connectivity index (χ0n) is 8.71. The normalized spacial score (nSPS) is 13.3. The van der Waals surface area contributed by atoms with E-state index >= 15 is 0 Å². The smallest absolute Gasteiger partial charge is 0.128 e. The molecule has 1 atom stereocenters. The predicted octanol–water partition coefficient (Wildman–Crippen LogP) is 2.39. The molecule has 4 heteroatoms. The third-order valence-electron chi connectivity index (χ3n) is 2.29. The maximum atomic E-state index is 6.02. The fraction of sp³-hybridized carbons (Fsp3) is 0.500. The molecule has 0 bridgehead atoms. The van der Waals surface area contributed by atoms with E-state index in [2.05, 4.69) is 34.8 Å². The third-order valence-corrected chi connectivity index (χ3v) is 3.09. The summed E-state index contributed by atoms with van der Waals surface area (Å²) in [6.45, 7) is 6.04. The highest BCUT2D eigenvalue weighted by Crippen LogP contribution is 2.27. The van der Waals surface area contributed by atoms with Crippen LogP contribution in [0.4, 0.5) is 5.82 Å². The van der Waals surface area contributed by atoms with Gasteiger partial charge in [-0.25, -0.2) is 4.98 Å². The van der Waals surface area contributed by atoms with Crippen LogP contribution in [-0.2, 0) is 0 Å². The van der Waals surface area contributed by atoms with Gasteiger partial charge in [-0.3, -0.25) is 0 Å². The Morgan fingerprint density at radius 2 is 2.00 bits per heavy atom. The van der Waals surface area contributed by atoms with Crippen molar-refractivity contribution in [1.29, 1.82) is 0 Å². The van der Waals surface area contributed by atoms with Gasteiger partial charge in [-0.2, -0.15) is 0 Å². The van der Waals surface area contributed by atoms with Crippen molar-refractivity contribution in [3.05, 3.63) is 21.8 Å². The molecular weight excluding hydrogens is 242 g/mol. The summed E-state index contributed by atoms with van der Waals surface area (Å²) in [5, 5.41) is 0. The van der Waals surface area contributed by atoms with Crippen LogP contribution in [0, 0.1) is 12.8 Å². The van der Waals surface area contributed by atoms with Crippen molar-refractivity contribution in [2.45, 2.75) is 26.8 Å². The van der Waals surface area contributed by atoms with E-state index in [-0.39, 0.29) is 6.04 Å². The number of aryl methyl sites for hydroxylation is 1. The highest BCUT2D eigenvalue weighted by molar-refractivity contribution is 9.10. The topological polar surface area (TPSA) is 64.9 Å². The molecule has 1 heterocycles. The van der Waals surface area contributed by atoms with Gasteiger partial charge in [0.25, 0.3) is 0 Å². The van der Waals surface area contributed by atoms with E-state index < -0.39 is 0 Å². The Labute approximate surface area is 93.0 Å². The van der Waals surface area contributed by atoms with Crippen molar-refractivity contribution < 1.29 is 0 Å². The number of nitrogen functional groups attached to an aromatic ring is 1. The summed E-state index contributed by atoms with van der Waals surface area (Å²) in [6, 6.07) is 1.90. The Balaban J connectivity index is 3.15. The molecule has 0 fully saturated rings. The number of halogens is 1. The number of hydrogen-bond acceptors (Lipinski definition) is 3. The van der Waals surface area contributed by atoms with Gasteiger partial charge >= 0.3 is 0 Å². The van der Waals surface area contributed by atoms with Gasteiger partial charge in [0, 0.05) is 16.1 Å². The first-order valence-corrected chi connectivity index (χ1v) is 5.41. The molecule has 3 nitrogen and oxygen atoms in total. The summed E-state index contributed by atoms with van der Waals surface area (Å²) in [6.07, 6.45) is 0. The average molecular weight is 258 g/mol. The third kappa shape index (κ3) is 2.25. The molecule has 0 aliphatic carbocycles. The minimum Gasteiger partial charge on any atom is -0.383 e. The SMILES string of the molecule is Cc1nc(N)c([C@@H](N)C(C)C)cc1Br. The summed E-state index contributed by atoms with van der Waals surface area (Å²) >= 11 is 3.42. The van der Waals surface area contributed by atoms with Gasteiger partial charge in [0.2, 0.25) is 0 Å². The van der Waals surface area contributed by atoms with Crippen LogP contribution in [0.1, 0.15) is 31.1 Å². The summed E-state index contributed by atoms with van der Waals surface area (Å²) in [5.74, 6) is 0.889. The van der Waals surface area contributed by atoms with Crippen molar-refractivity contribution in [2.24, 2.45) is 11.7 Å². The molecule has 4 N–H and O–H groups in total. The van der Waals surface area contributed by atoms with Crippen LogP contribution in [0.2, 0.25) is 0 Å². The van der Waals surface area contributed by atoms with E-state index in [1.807, 2.05) is 13.0 Å². The van der Waals surface area contributed by atoms with Crippen molar-refractivity contribution in [2.75, 3.05) is 5.73 Å². The number of nitrogens with zero attached hydrogens (tertiary/aromatic N) is 1. The first-order valence-electron chi connectivity index (χ1n) is 4.61. The monoisotopic (exact) mass is 257 g/mol. The lowest BCUT2D eigenvalue weighted by Gasteiger charge is -2.18. The van der Waals surface area contributed by atoms with Crippen molar-refractivity contribution in [3.8, 4) is 0 Å². The number of nitrogens with two attached hydrogens (primary N) is 2. The minimum atomic E-state index is -0.0561. The Kier molecular flexibility index (Phi) is 3.50. The molecule has 0 amide bonds. The van der Waals surface area contributed by atoms with Crippen LogP contribution >= 0.6 is 15.9 Å². The lowest BCUT2D eigenvalue weighted by Crippen LogP contribution is -2.19. The second-order valence-electron chi connectivity index (χ2n) is 3.80. The van der Waals surface area contributed by atoms with E-state index in [1.165, 1.54) is 0 Å². The summed E-state index contributed by atoms with van der Waals surface area (Å²) in [5.41, 5.74) is 13.6. The quantitative estimate of drug-likeness (QED) is 0.856. The average Bonchev–Trinajstić information content (AvgIpc) is 2.10. The van der Waals surface area contributed by atoms with E-state index in [4.69, 9.17) is 11.5 Å². The zero-order valence-corrected chi connectivity index (χ0v) is 10.3. The van der Waals surface area contributed by atoms with Crippen LogP contribution in [-0.4, -0.2) is 4.98 Å². The van der Waals surface area contributed by atoms with Gasteiger partial charge in [0.15, 0.2) is 0 Å². The fourth-order valence-electron chi connectivity index (χ4n) is 1.24. The Hall–Kier alpha value is -0.610. The van der Waals surface area contributed by atoms with Gasteiger partial charge in [0.1, 0.15) is 5.82 Å². The molecule has 1 aromatic heterocycles. The number of hydrogen-bond donors (Lipinski definition) is 2. The Morgan fingerprint density at radius 3 is 2.50 bits per heavy atom. The molecule has 78 valence electrons. The molecule has 0 aliphatic heterocycles. The molecule has 0 saturated carbocycles. The Bertz CT molecular complexity index is 336. The first kappa shape index (κ1) is 11.5. The van der Waals surface area contributed by atoms with Crippen molar-refractivity contribution in [1.82, 2.24) is 4.98 Å². The van der Waals surface area contributed by atoms with E-state index in [1.54, 1.807) is 0 Å². The molecule has 1 rings (SSSR count). The van der Waals surface area contributed by atoms with Crippen LogP contribution in [0.25, 0.3) is 0 Å². The van der Waals surface area contributed by atoms with Crippen molar-refractivity contribution in [3.63, 3.8) is 0 Å². The van der Waals surface area contributed by atoms with Gasteiger partial charge in [0.05, 0.1) is 5.69 Å². The standard InChI is InChI=1S/C10H16BrN3/c1-5(2)9(12)7-4-8(11)6(3)14-10(7)13/h4-5,9H,12H2,1-3H3,(H2,13,14)/t9-/m0/s1. The molecule has 1 aromatic rings. The largest absolute Gasteiger partial charge is 0.383 e. The minimum absolute atomic E-state index is 0.0561. The van der Waals surface area contributed by atoms with Crippen LogP contribution in [0.3, 0.4) is 0 Å². The van der Waals surface area contributed by atoms with Gasteiger partial charge < -0.3 is 11.5 Å². The lowest BCUT2D eigenvalue weighted by atomic mass is 9.97. The van der Waals surface area contributed by atoms with Gasteiger partial charge in [-0.05, 0) is 34.8 Å². The number of aromatic nitrogens is 1. The molecular formula is C10H16BrN3. The molecule has 0 unspecified atom stereocenters. The molecule has 0 radical (unpaired) electrons. The second-order valence-corrected chi connectivity index (χ2v) is 4.65.